The second-order valence-electron chi connectivity index (χ2n) is 6.71. The van der Waals surface area contributed by atoms with Crippen molar-refractivity contribution in [2.45, 2.75) is 25.6 Å². The van der Waals surface area contributed by atoms with Gasteiger partial charge in [-0.05, 0) is 41.4 Å². The number of nitrogens with zero attached hydrogens (tertiary/aromatic N) is 2. The van der Waals surface area contributed by atoms with E-state index in [1.807, 2.05) is 24.4 Å². The fourth-order valence-electron chi connectivity index (χ4n) is 3.24. The van der Waals surface area contributed by atoms with Crippen molar-refractivity contribution in [1.82, 2.24) is 4.98 Å². The maximum absolute atomic E-state index is 8.60. The molecule has 2 nitrogen and oxygen atoms in total. The van der Waals surface area contributed by atoms with Gasteiger partial charge in [0, 0.05) is 41.3 Å². The first-order chi connectivity index (χ1) is 19.5. The monoisotopic (exact) mass is 623 g/mol. The normalized spacial score (nSPS) is 28.4. The van der Waals surface area contributed by atoms with Crippen LogP contribution in [0.4, 0.5) is 0 Å². The van der Waals surface area contributed by atoms with Gasteiger partial charge in [0.2, 0.25) is 0 Å². The minimum absolute atomic E-state index is 0. The standard InChI is InChI=1S/C17H14NS.C11H10N.Ir/c1-2-7-16-13(5-1)14-9-8-12(11-17(14)19-16)15-6-3-4-10-18-15;1-2-6-10(7-3-1)11-8-4-5-9-12-11;/h1-2,4-5,7-8,10-11H,3,6,9H2;1-2,4-9H,3H2;/q2*-1;/i1D,2D,3D,4D,5D,6D,7D,9D,10D,11D;;. The van der Waals surface area contributed by atoms with Gasteiger partial charge < -0.3 is 9.98 Å². The van der Waals surface area contributed by atoms with Crippen LogP contribution in [0, 0.1) is 12.8 Å². The molecule has 1 aliphatic heterocycles. The molecule has 0 amide bonds. The molecule has 0 saturated carbocycles. The van der Waals surface area contributed by atoms with Gasteiger partial charge in [0.05, 0.1) is 8.22 Å². The van der Waals surface area contributed by atoms with E-state index in [-0.39, 0.29) is 71.7 Å². The third-order valence-corrected chi connectivity index (χ3v) is 5.76. The zero-order valence-corrected chi connectivity index (χ0v) is 20.0. The van der Waals surface area contributed by atoms with Gasteiger partial charge in [-0.25, -0.2) is 0 Å². The molecule has 163 valence electrons. The van der Waals surface area contributed by atoms with E-state index in [2.05, 4.69) is 34.6 Å². The number of aromatic nitrogens is 1. The molecule has 4 heteroatoms. The molecule has 0 fully saturated rings. The molecule has 3 aromatic rings. The number of rotatable bonds is 2. The van der Waals surface area contributed by atoms with Gasteiger partial charge in [-0.1, -0.05) is 61.2 Å². The molecule has 1 radical (unpaired) electrons. The largest absolute Gasteiger partial charge is 0.325 e. The van der Waals surface area contributed by atoms with Crippen molar-refractivity contribution < 1.29 is 33.8 Å². The first-order valence-electron chi connectivity index (χ1n) is 15.0. The van der Waals surface area contributed by atoms with Crippen molar-refractivity contribution in [2.24, 2.45) is 4.99 Å². The third-order valence-electron chi connectivity index (χ3n) is 4.72. The van der Waals surface area contributed by atoms with Crippen molar-refractivity contribution in [3.8, 4) is 0 Å². The molecule has 3 atom stereocenters. The van der Waals surface area contributed by atoms with Gasteiger partial charge in [-0.3, -0.25) is 0 Å². The predicted molar refractivity (Wildman–Crippen MR) is 134 cm³/mol. The van der Waals surface area contributed by atoms with E-state index in [4.69, 9.17) is 13.7 Å². The van der Waals surface area contributed by atoms with Crippen LogP contribution in [-0.4, -0.2) is 10.7 Å². The zero-order valence-electron chi connectivity index (χ0n) is 26.8. The molecule has 0 spiro atoms. The summed E-state index contributed by atoms with van der Waals surface area (Å²) >= 11 is 0.991. The minimum atomic E-state index is -1.31. The van der Waals surface area contributed by atoms with Crippen LogP contribution >= 0.6 is 11.3 Å². The Morgan fingerprint density at radius 1 is 1.12 bits per heavy atom. The Kier molecular flexibility index (Phi) is 4.43. The second-order valence-corrected chi connectivity index (χ2v) is 7.73. The third kappa shape index (κ3) is 5.05. The number of aliphatic imine (C=N–C) groups is 1. The van der Waals surface area contributed by atoms with Crippen LogP contribution in [0.3, 0.4) is 0 Å². The van der Waals surface area contributed by atoms with Gasteiger partial charge in [-0.15, -0.1) is 29.5 Å². The van der Waals surface area contributed by atoms with Gasteiger partial charge in [0.25, 0.3) is 0 Å². The smallest absolute Gasteiger partial charge is 0.0823 e. The van der Waals surface area contributed by atoms with E-state index in [1.165, 1.54) is 12.0 Å². The van der Waals surface area contributed by atoms with Crippen LogP contribution in [0.5, 0.6) is 0 Å². The molecule has 6 rings (SSSR count). The molecule has 0 saturated heterocycles. The van der Waals surface area contributed by atoms with Gasteiger partial charge in [0.1, 0.15) is 0 Å². The maximum Gasteiger partial charge on any atom is 0.0823 e. The Hall–Kier alpha value is -2.65. The Bertz CT molecular complexity index is 1690. The molecule has 2 aromatic heterocycles. The summed E-state index contributed by atoms with van der Waals surface area (Å²) in [4.78, 5) is 8.51. The number of allylic oxidation sites excluding steroid dienone is 6. The molecule has 3 heterocycles. The molecule has 1 aromatic carbocycles. The Labute approximate surface area is 221 Å². The van der Waals surface area contributed by atoms with Crippen molar-refractivity contribution in [3.05, 3.63) is 114 Å². The number of thiophene rings is 1. The first-order valence-corrected chi connectivity index (χ1v) is 10.6. The van der Waals surface area contributed by atoms with Gasteiger partial charge in [-0.2, -0.15) is 30.1 Å². The molecule has 0 N–H and O–H groups in total. The molecule has 0 bridgehead atoms. The van der Waals surface area contributed by atoms with E-state index in [0.717, 1.165) is 23.5 Å². The Morgan fingerprint density at radius 2 is 2.06 bits per heavy atom. The summed E-state index contributed by atoms with van der Waals surface area (Å²) in [6.07, 6.45) is 8.60. The molecule has 3 unspecified atom stereocenters. The average molecular weight is 623 g/mol. The summed E-state index contributed by atoms with van der Waals surface area (Å²) in [5.74, 6) is 0. The van der Waals surface area contributed by atoms with Crippen LogP contribution < -0.4 is 0 Å². The molecular formula is C28H24IrN2S-2. The second kappa shape index (κ2) is 10.8. The summed E-state index contributed by atoms with van der Waals surface area (Å²) in [6, 6.07) is 4.25. The number of benzene rings is 1. The van der Waals surface area contributed by atoms with Crippen LogP contribution in [-0.2, 0) is 26.5 Å². The van der Waals surface area contributed by atoms with E-state index in [9.17, 15) is 0 Å². The summed E-state index contributed by atoms with van der Waals surface area (Å²) in [6.45, 7) is 0. The summed E-state index contributed by atoms with van der Waals surface area (Å²) in [7, 11) is 0. The van der Waals surface area contributed by atoms with Crippen molar-refractivity contribution in [3.63, 3.8) is 0 Å². The van der Waals surface area contributed by atoms with Crippen LogP contribution in [0.15, 0.2) is 89.6 Å². The van der Waals surface area contributed by atoms with Crippen LogP contribution in [0.2, 0.25) is 0 Å². The summed E-state index contributed by atoms with van der Waals surface area (Å²) in [5, 5.41) is 0.219. The predicted octanol–water partition coefficient (Wildman–Crippen LogP) is 7.42. The number of fused-ring (bicyclic) bond motifs is 3. The molecule has 2 aliphatic carbocycles. The quantitative estimate of drug-likeness (QED) is 0.273. The Balaban J connectivity index is 0.000000261. The van der Waals surface area contributed by atoms with E-state index < -0.39 is 31.4 Å². The zero-order chi connectivity index (χ0) is 29.6. The molecule has 3 aliphatic rings. The van der Waals surface area contributed by atoms with Crippen LogP contribution in [0.25, 0.3) is 21.7 Å². The van der Waals surface area contributed by atoms with Gasteiger partial charge >= 0.3 is 0 Å². The van der Waals surface area contributed by atoms with Crippen LogP contribution in [0.1, 0.15) is 49.1 Å². The number of hydrogen-bond acceptors (Lipinski definition) is 3. The summed E-state index contributed by atoms with van der Waals surface area (Å²) in [5.41, 5.74) is 2.71. The fraction of sp³-hybridized carbons (Fsp3) is 0.143. The fourth-order valence-corrected chi connectivity index (χ4v) is 4.25. The van der Waals surface area contributed by atoms with E-state index in [0.29, 0.717) is 10.4 Å². The minimum Gasteiger partial charge on any atom is -0.325 e. The van der Waals surface area contributed by atoms with Crippen molar-refractivity contribution in [1.29, 1.82) is 0 Å². The van der Waals surface area contributed by atoms with Crippen molar-refractivity contribution in [2.75, 3.05) is 0 Å². The van der Waals surface area contributed by atoms with Gasteiger partial charge in [0.15, 0.2) is 0 Å². The number of pyridine rings is 1. The Morgan fingerprint density at radius 3 is 2.91 bits per heavy atom. The summed E-state index contributed by atoms with van der Waals surface area (Å²) < 4.78 is 81.1. The maximum atomic E-state index is 8.60. The molecule has 32 heavy (non-hydrogen) atoms. The topological polar surface area (TPSA) is 25.2 Å². The van der Waals surface area contributed by atoms with E-state index >= 15 is 0 Å². The first kappa shape index (κ1) is 13.2. The van der Waals surface area contributed by atoms with Crippen molar-refractivity contribution >= 4 is 38.8 Å². The van der Waals surface area contributed by atoms with E-state index in [1.54, 1.807) is 0 Å². The molecular weight excluding hydrogens is 589 g/mol. The SMILES string of the molecule is C1=CC[CH-]C(c2ccccn2)=C1.[2H]C1=C([2H])C([2H])C([2H])C(C2=C([2H])c3sc4c([2H])c([2H])c([2H])c([2H])c4c3C([2H])[CH-]2)=N1.[Ir]. The average Bonchev–Trinajstić information content (AvgIpc) is 3.41. The number of hydrogen-bond donors (Lipinski definition) is 0.